The first-order valence-electron chi connectivity index (χ1n) is 25.6. The van der Waals surface area contributed by atoms with Crippen LogP contribution in [0.4, 0.5) is 0 Å². The molecule has 12 rings (SSSR count). The van der Waals surface area contributed by atoms with Gasteiger partial charge in [-0.05, 0) is 134 Å². The Morgan fingerprint density at radius 2 is 0.625 bits per heavy atom. The summed E-state index contributed by atoms with van der Waals surface area (Å²) in [5, 5.41) is 9.26. The van der Waals surface area contributed by atoms with Crippen LogP contribution in [-0.4, -0.2) is 58.0 Å². The fourth-order valence-electron chi connectivity index (χ4n) is 7.22. The van der Waals surface area contributed by atoms with E-state index in [-0.39, 0.29) is 12.2 Å². The number of fused-ring (bicyclic) bond motifs is 4. The molecule has 8 nitrogen and oxygen atoms in total. The van der Waals surface area contributed by atoms with Crippen molar-refractivity contribution in [2.45, 2.75) is 79.6 Å². The van der Waals surface area contributed by atoms with E-state index in [0.29, 0.717) is 25.9 Å². The molecule has 0 aliphatic carbocycles. The predicted molar refractivity (Wildman–Crippen MR) is 296 cm³/mol. The van der Waals surface area contributed by atoms with Crippen LogP contribution in [0, 0.1) is 6.92 Å². The molecule has 0 aromatic heterocycles. The van der Waals surface area contributed by atoms with E-state index in [4.69, 9.17) is 37.9 Å². The minimum absolute atomic E-state index is 0.258. The molecule has 8 heteroatoms. The molecule has 3 fully saturated rings. The van der Waals surface area contributed by atoms with Gasteiger partial charge in [0.15, 0.2) is 0 Å². The zero-order valence-corrected chi connectivity index (χ0v) is 43.0. The Bertz CT molecular complexity index is 2880. The van der Waals surface area contributed by atoms with Crippen LogP contribution in [0.5, 0.6) is 40.2 Å². The van der Waals surface area contributed by atoms with Gasteiger partial charge in [-0.1, -0.05) is 158 Å². The highest BCUT2D eigenvalue weighted by Gasteiger charge is 2.24. The summed E-state index contributed by atoms with van der Waals surface area (Å²) in [6.07, 6.45) is 3.35. The van der Waals surface area contributed by atoms with Gasteiger partial charge in [0.2, 0.25) is 0 Å². The lowest BCUT2D eigenvalue weighted by Crippen LogP contribution is -2.04. The van der Waals surface area contributed by atoms with E-state index in [2.05, 4.69) is 100 Å². The lowest BCUT2D eigenvalue weighted by atomic mass is 10.1. The smallest absolute Gasteiger partial charge is 0.128 e. The molecule has 3 aliphatic rings. The van der Waals surface area contributed by atoms with Crippen LogP contribution in [0.1, 0.15) is 59.9 Å². The van der Waals surface area contributed by atoms with Crippen molar-refractivity contribution in [1.29, 1.82) is 0 Å². The van der Waals surface area contributed by atoms with Gasteiger partial charge in [0.25, 0.3) is 0 Å². The van der Waals surface area contributed by atoms with Crippen molar-refractivity contribution in [3.8, 4) is 40.2 Å². The molecule has 3 aliphatic heterocycles. The molecule has 0 bridgehead atoms. The molecule has 9 aromatic rings. The molecular formula is C64H70O8. The second-order valence-corrected chi connectivity index (χ2v) is 17.5. The number of hydrogen-bond donors (Lipinski definition) is 0. The number of epoxide rings is 3. The Kier molecular flexibility index (Phi) is 20.1. The lowest BCUT2D eigenvalue weighted by Gasteiger charge is -2.09. The molecule has 3 atom stereocenters. The molecule has 0 radical (unpaired) electrons. The number of hydrogen-bond acceptors (Lipinski definition) is 8. The fourth-order valence-corrected chi connectivity index (χ4v) is 7.22. The standard InChI is InChI=1S/2C23H18O3.C10H12O2.2C3H8.C2H6/c2*1-2-4-18-11-21(9-6-16(18)3-1)26-22-10-7-17-5-8-20(12-19(17)13-22)24-14-23-15-25-23;1-8-4-2-3-5-10(8)12-7-9-6-11-9;2*1-3-2;1-2/h2*1-13,23H,14-15H2;2-5,9H,6-7H2,1H3;2*3H2,1-2H3;1-2H3. The lowest BCUT2D eigenvalue weighted by molar-refractivity contribution is 0.262. The molecule has 0 spiro atoms. The maximum Gasteiger partial charge on any atom is 0.128 e. The Balaban J connectivity index is 0.000000155. The van der Waals surface area contributed by atoms with Crippen LogP contribution in [-0.2, 0) is 14.2 Å². The van der Waals surface area contributed by atoms with Crippen molar-refractivity contribution >= 4 is 43.1 Å². The highest BCUT2D eigenvalue weighted by atomic mass is 16.6. The molecule has 72 heavy (non-hydrogen) atoms. The number of para-hydroxylation sites is 1. The number of aryl methyl sites for hydroxylation is 1. The van der Waals surface area contributed by atoms with Gasteiger partial charge in [-0.15, -0.1) is 0 Å². The zero-order valence-electron chi connectivity index (χ0n) is 43.0. The highest BCUT2D eigenvalue weighted by molar-refractivity contribution is 5.87. The van der Waals surface area contributed by atoms with Crippen LogP contribution in [0.25, 0.3) is 43.1 Å². The van der Waals surface area contributed by atoms with E-state index in [1.807, 2.05) is 130 Å². The molecule has 374 valence electrons. The summed E-state index contributed by atoms with van der Waals surface area (Å²) in [7, 11) is 0. The van der Waals surface area contributed by atoms with Crippen molar-refractivity contribution in [3.63, 3.8) is 0 Å². The minimum Gasteiger partial charge on any atom is -0.491 e. The Morgan fingerprint density at radius 3 is 0.986 bits per heavy atom. The van der Waals surface area contributed by atoms with E-state index < -0.39 is 0 Å². The first-order chi connectivity index (χ1) is 35.4. The van der Waals surface area contributed by atoms with Crippen LogP contribution < -0.4 is 23.7 Å². The molecule has 0 N–H and O–H groups in total. The van der Waals surface area contributed by atoms with E-state index in [1.54, 1.807) is 0 Å². The Labute approximate surface area is 426 Å². The average Bonchev–Trinajstić information content (AvgIpc) is 4.26. The molecule has 3 saturated heterocycles. The van der Waals surface area contributed by atoms with Crippen LogP contribution in [0.3, 0.4) is 0 Å². The van der Waals surface area contributed by atoms with Gasteiger partial charge < -0.3 is 37.9 Å². The molecule has 0 saturated carbocycles. The summed E-state index contributed by atoms with van der Waals surface area (Å²) in [5.41, 5.74) is 1.18. The third-order valence-electron chi connectivity index (χ3n) is 11.1. The molecule has 9 aromatic carbocycles. The summed E-state index contributed by atoms with van der Waals surface area (Å²) in [6.45, 7) is 18.9. The SMILES string of the molecule is CC.CCC.CCC.Cc1ccccc1OCC1CO1.c1ccc2cc(Oc3ccc4ccc(OCC5CO5)cc4c3)ccc2c1.c1ccc2cc(Oc3ccc4ccc(OCC5CO5)cc4c3)ccc2c1. The van der Waals surface area contributed by atoms with Gasteiger partial charge in [-0.3, -0.25) is 0 Å². The Morgan fingerprint density at radius 1 is 0.347 bits per heavy atom. The van der Waals surface area contributed by atoms with Gasteiger partial charge in [-0.25, -0.2) is 0 Å². The molecule has 3 unspecified atom stereocenters. The monoisotopic (exact) mass is 967 g/mol. The third kappa shape index (κ3) is 16.8. The summed E-state index contributed by atoms with van der Waals surface area (Å²) in [4.78, 5) is 0. The van der Waals surface area contributed by atoms with Crippen LogP contribution >= 0.6 is 0 Å². The normalized spacial score (nSPS) is 15.5. The fraction of sp³-hybridized carbons (Fsp3) is 0.281. The first-order valence-corrected chi connectivity index (χ1v) is 25.6. The first kappa shape index (κ1) is 52.7. The predicted octanol–water partition coefficient (Wildman–Crippen LogP) is 16.8. The summed E-state index contributed by atoms with van der Waals surface area (Å²) >= 11 is 0. The van der Waals surface area contributed by atoms with E-state index in [9.17, 15) is 0 Å². The van der Waals surface area contributed by atoms with Gasteiger partial charge in [0.1, 0.15) is 78.4 Å². The highest BCUT2D eigenvalue weighted by Crippen LogP contribution is 2.32. The van der Waals surface area contributed by atoms with Crippen LogP contribution in [0.15, 0.2) is 182 Å². The van der Waals surface area contributed by atoms with Crippen molar-refractivity contribution in [3.05, 3.63) is 188 Å². The molecule has 0 amide bonds. The number of rotatable bonds is 13. The summed E-state index contributed by atoms with van der Waals surface area (Å²) in [6, 6.07) is 61.3. The third-order valence-corrected chi connectivity index (χ3v) is 11.1. The van der Waals surface area contributed by atoms with E-state index >= 15 is 0 Å². The quantitative estimate of drug-likeness (QED) is 0.106. The maximum absolute atomic E-state index is 6.08. The zero-order chi connectivity index (χ0) is 50.5. The Hall–Kier alpha value is -7.10. The molecular weight excluding hydrogens is 897 g/mol. The minimum atomic E-state index is 0.258. The summed E-state index contributed by atoms with van der Waals surface area (Å²) in [5.74, 6) is 5.98. The van der Waals surface area contributed by atoms with Gasteiger partial charge in [0.05, 0.1) is 19.8 Å². The maximum atomic E-state index is 6.08. The van der Waals surface area contributed by atoms with E-state index in [0.717, 1.165) is 81.6 Å². The second-order valence-electron chi connectivity index (χ2n) is 17.5. The second kappa shape index (κ2) is 27.5. The van der Waals surface area contributed by atoms with Crippen LogP contribution in [0.2, 0.25) is 0 Å². The van der Waals surface area contributed by atoms with Crippen molar-refractivity contribution in [2.75, 3.05) is 39.6 Å². The van der Waals surface area contributed by atoms with Gasteiger partial charge in [-0.2, -0.15) is 0 Å². The van der Waals surface area contributed by atoms with Crippen molar-refractivity contribution in [1.82, 2.24) is 0 Å². The van der Waals surface area contributed by atoms with E-state index in [1.165, 1.54) is 39.9 Å². The molecule has 3 heterocycles. The average molecular weight is 967 g/mol. The van der Waals surface area contributed by atoms with Gasteiger partial charge in [0, 0.05) is 0 Å². The number of benzene rings is 9. The topological polar surface area (TPSA) is 83.7 Å². The summed E-state index contributed by atoms with van der Waals surface area (Å²) < 4.78 is 44.7. The largest absolute Gasteiger partial charge is 0.491 e. The van der Waals surface area contributed by atoms with Crippen molar-refractivity contribution in [2.24, 2.45) is 0 Å². The number of ether oxygens (including phenoxy) is 8. The van der Waals surface area contributed by atoms with Gasteiger partial charge >= 0.3 is 0 Å². The van der Waals surface area contributed by atoms with Crippen molar-refractivity contribution < 1.29 is 37.9 Å².